The summed E-state index contributed by atoms with van der Waals surface area (Å²) >= 11 is 6.46. The van der Waals surface area contributed by atoms with Crippen molar-refractivity contribution in [1.82, 2.24) is 0 Å². The summed E-state index contributed by atoms with van der Waals surface area (Å²) in [5.41, 5.74) is 5.95. The molecule has 0 amide bonds. The fourth-order valence-electron chi connectivity index (χ4n) is 1.51. The lowest BCUT2D eigenvalue weighted by Gasteiger charge is -2.12. The van der Waals surface area contributed by atoms with Gasteiger partial charge in [-0.2, -0.15) is 0 Å². The first kappa shape index (κ1) is 15.3. The summed E-state index contributed by atoms with van der Waals surface area (Å²) in [6.07, 6.45) is 0. The van der Waals surface area contributed by atoms with Gasteiger partial charge in [0.1, 0.15) is 10.7 Å². The zero-order valence-electron chi connectivity index (χ0n) is 9.90. The average Bonchev–Trinajstić information content (AvgIpc) is 2.37. The Kier molecular flexibility index (Phi) is 4.36. The molecule has 4 nitrogen and oxygen atoms in total. The maximum atomic E-state index is 13.7. The van der Waals surface area contributed by atoms with E-state index in [0.29, 0.717) is 8.95 Å². The molecule has 3 N–H and O–H groups in total. The Labute approximate surface area is 132 Å². The summed E-state index contributed by atoms with van der Waals surface area (Å²) in [5.74, 6) is -0.866. The molecule has 0 saturated heterocycles. The summed E-state index contributed by atoms with van der Waals surface area (Å²) in [5, 5.41) is 0. The highest BCUT2D eigenvalue weighted by molar-refractivity contribution is 9.11. The van der Waals surface area contributed by atoms with Crippen LogP contribution in [0.2, 0.25) is 0 Å². The number of nitrogen functional groups attached to an aromatic ring is 1. The van der Waals surface area contributed by atoms with Crippen molar-refractivity contribution < 1.29 is 12.8 Å². The Morgan fingerprint density at radius 2 is 1.70 bits per heavy atom. The van der Waals surface area contributed by atoms with Crippen LogP contribution in [-0.4, -0.2) is 8.42 Å². The third-order valence-corrected chi connectivity index (χ3v) is 5.13. The molecular formula is C12H9Br2FN2O2S. The van der Waals surface area contributed by atoms with Gasteiger partial charge in [0.15, 0.2) is 0 Å². The van der Waals surface area contributed by atoms with Crippen molar-refractivity contribution in [1.29, 1.82) is 0 Å². The molecular weight excluding hydrogens is 415 g/mol. The Balaban J connectivity index is 2.49. The third kappa shape index (κ3) is 3.13. The van der Waals surface area contributed by atoms with Crippen molar-refractivity contribution >= 4 is 53.3 Å². The molecule has 0 unspecified atom stereocenters. The molecule has 8 heteroatoms. The van der Waals surface area contributed by atoms with Crippen molar-refractivity contribution in [3.05, 3.63) is 51.2 Å². The molecule has 2 aromatic carbocycles. The first-order chi connectivity index (χ1) is 9.31. The molecule has 2 aromatic rings. The van der Waals surface area contributed by atoms with Gasteiger partial charge in [-0.05, 0) is 62.2 Å². The van der Waals surface area contributed by atoms with Crippen LogP contribution in [-0.2, 0) is 10.0 Å². The number of hydrogen-bond donors (Lipinski definition) is 2. The van der Waals surface area contributed by atoms with Crippen molar-refractivity contribution in [2.24, 2.45) is 0 Å². The number of nitrogens with two attached hydrogens (primary N) is 1. The fourth-order valence-corrected chi connectivity index (χ4v) is 4.18. The van der Waals surface area contributed by atoms with Gasteiger partial charge in [-0.1, -0.05) is 6.07 Å². The molecule has 20 heavy (non-hydrogen) atoms. The lowest BCUT2D eigenvalue weighted by molar-refractivity contribution is 0.570. The summed E-state index contributed by atoms with van der Waals surface area (Å²) in [6, 6.07) is 8.44. The minimum Gasteiger partial charge on any atom is -0.399 e. The lowest BCUT2D eigenvalue weighted by atomic mass is 10.3. The van der Waals surface area contributed by atoms with E-state index in [1.807, 2.05) is 0 Å². The molecule has 0 atom stereocenters. The van der Waals surface area contributed by atoms with Crippen LogP contribution < -0.4 is 10.5 Å². The monoisotopic (exact) mass is 422 g/mol. The van der Waals surface area contributed by atoms with Gasteiger partial charge in [-0.15, -0.1) is 0 Å². The quantitative estimate of drug-likeness (QED) is 0.738. The van der Waals surface area contributed by atoms with Crippen LogP contribution in [0.15, 0.2) is 50.2 Å². The lowest BCUT2D eigenvalue weighted by Crippen LogP contribution is -2.15. The Hall–Kier alpha value is -1.12. The molecule has 0 aromatic heterocycles. The van der Waals surface area contributed by atoms with E-state index in [-0.39, 0.29) is 11.4 Å². The van der Waals surface area contributed by atoms with Crippen molar-refractivity contribution in [2.75, 3.05) is 10.5 Å². The summed E-state index contributed by atoms with van der Waals surface area (Å²) < 4.78 is 41.5. The molecule has 0 saturated carbocycles. The van der Waals surface area contributed by atoms with E-state index in [2.05, 4.69) is 36.6 Å². The van der Waals surface area contributed by atoms with E-state index in [0.717, 1.165) is 12.1 Å². The van der Waals surface area contributed by atoms with E-state index in [9.17, 15) is 12.8 Å². The molecule has 0 spiro atoms. The highest BCUT2D eigenvalue weighted by Crippen LogP contribution is 2.33. The van der Waals surface area contributed by atoms with Crippen molar-refractivity contribution in [3.63, 3.8) is 0 Å². The van der Waals surface area contributed by atoms with Crippen molar-refractivity contribution in [3.8, 4) is 0 Å². The van der Waals surface area contributed by atoms with Crippen LogP contribution in [0.3, 0.4) is 0 Å². The van der Waals surface area contributed by atoms with Crippen LogP contribution in [0, 0.1) is 5.82 Å². The molecule has 0 bridgehead atoms. The SMILES string of the molecule is Nc1ccc(F)c(S(=O)(=O)Nc2c(Br)cccc2Br)c1. The Bertz CT molecular complexity index is 746. The summed E-state index contributed by atoms with van der Waals surface area (Å²) in [7, 11) is -4.08. The van der Waals surface area contributed by atoms with E-state index in [1.165, 1.54) is 6.07 Å². The smallest absolute Gasteiger partial charge is 0.264 e. The van der Waals surface area contributed by atoms with Gasteiger partial charge in [0.25, 0.3) is 10.0 Å². The number of anilines is 2. The number of para-hydroxylation sites is 1. The number of halogens is 3. The highest BCUT2D eigenvalue weighted by atomic mass is 79.9. The normalized spacial score (nSPS) is 11.3. The molecule has 106 valence electrons. The van der Waals surface area contributed by atoms with Crippen molar-refractivity contribution in [2.45, 2.75) is 4.90 Å². The minimum atomic E-state index is -4.08. The van der Waals surface area contributed by atoms with Gasteiger partial charge in [0.05, 0.1) is 5.69 Å². The van der Waals surface area contributed by atoms with E-state index in [1.54, 1.807) is 18.2 Å². The van der Waals surface area contributed by atoms with Crippen LogP contribution in [0.1, 0.15) is 0 Å². The molecule has 2 rings (SSSR count). The predicted octanol–water partition coefficient (Wildman–Crippen LogP) is 3.73. The average molecular weight is 424 g/mol. The van der Waals surface area contributed by atoms with Gasteiger partial charge in [-0.25, -0.2) is 12.8 Å². The number of sulfonamides is 1. The fraction of sp³-hybridized carbons (Fsp3) is 0. The molecule has 0 radical (unpaired) electrons. The topological polar surface area (TPSA) is 72.2 Å². The van der Waals surface area contributed by atoms with E-state index in [4.69, 9.17) is 5.73 Å². The second-order valence-electron chi connectivity index (χ2n) is 3.89. The first-order valence-corrected chi connectivity index (χ1v) is 8.40. The van der Waals surface area contributed by atoms with Crippen LogP contribution in [0.4, 0.5) is 15.8 Å². The minimum absolute atomic E-state index is 0.165. The number of benzene rings is 2. The zero-order chi connectivity index (χ0) is 14.9. The predicted molar refractivity (Wildman–Crippen MR) is 83.5 cm³/mol. The summed E-state index contributed by atoms with van der Waals surface area (Å²) in [4.78, 5) is -0.500. The highest BCUT2D eigenvalue weighted by Gasteiger charge is 2.21. The number of rotatable bonds is 3. The molecule has 0 aliphatic heterocycles. The number of hydrogen-bond acceptors (Lipinski definition) is 3. The molecule has 0 aliphatic carbocycles. The van der Waals surface area contributed by atoms with E-state index < -0.39 is 20.7 Å². The Morgan fingerprint density at radius 1 is 1.10 bits per heavy atom. The second kappa shape index (κ2) is 5.71. The first-order valence-electron chi connectivity index (χ1n) is 5.33. The zero-order valence-corrected chi connectivity index (χ0v) is 13.9. The third-order valence-electron chi connectivity index (χ3n) is 2.44. The summed E-state index contributed by atoms with van der Waals surface area (Å²) in [6.45, 7) is 0. The molecule has 0 fully saturated rings. The van der Waals surface area contributed by atoms with E-state index >= 15 is 0 Å². The Morgan fingerprint density at radius 3 is 2.30 bits per heavy atom. The molecule has 0 aliphatic rings. The second-order valence-corrected chi connectivity index (χ2v) is 7.25. The standard InChI is InChI=1S/C12H9Br2FN2O2S/c13-8-2-1-3-9(14)12(8)17-20(18,19)11-6-7(16)4-5-10(11)15/h1-6,17H,16H2. The van der Waals surface area contributed by atoms with Gasteiger partial charge in [-0.3, -0.25) is 4.72 Å². The molecule has 0 heterocycles. The van der Waals surface area contributed by atoms with Gasteiger partial charge in [0.2, 0.25) is 0 Å². The van der Waals surface area contributed by atoms with Crippen LogP contribution in [0.25, 0.3) is 0 Å². The number of nitrogens with one attached hydrogen (secondary N) is 1. The largest absolute Gasteiger partial charge is 0.399 e. The van der Waals surface area contributed by atoms with Gasteiger partial charge < -0.3 is 5.73 Å². The van der Waals surface area contributed by atoms with Crippen LogP contribution in [0.5, 0.6) is 0 Å². The van der Waals surface area contributed by atoms with Gasteiger partial charge >= 0.3 is 0 Å². The van der Waals surface area contributed by atoms with Gasteiger partial charge in [0, 0.05) is 14.6 Å². The maximum absolute atomic E-state index is 13.7. The van der Waals surface area contributed by atoms with Crippen LogP contribution >= 0.6 is 31.9 Å². The maximum Gasteiger partial charge on any atom is 0.264 e.